The van der Waals surface area contributed by atoms with Crippen LogP contribution in [0.25, 0.3) is 11.1 Å². The molecule has 0 bridgehead atoms. The predicted octanol–water partition coefficient (Wildman–Crippen LogP) is 3.64. The second-order valence-electron chi connectivity index (χ2n) is 4.59. The first kappa shape index (κ1) is 12.0. The first-order valence-electron chi connectivity index (χ1n) is 6.14. The standard InChI is InChI=1S/C16H14FO2/c1-10-7-11-8-12(18-2)9-14(16(11)19-10)13-5-3-4-6-15(13)17/h3-6,8-10H,1,7H2,2H3. The normalized spacial score (nSPS) is 16.9. The van der Waals surface area contributed by atoms with Gasteiger partial charge in [-0.2, -0.15) is 0 Å². The third-order valence-corrected chi connectivity index (χ3v) is 3.27. The SMILES string of the molecule is [CH2]C1Cc2cc(OC)cc(-c3ccccc3F)c2O1. The first-order chi connectivity index (χ1) is 9.19. The third-order valence-electron chi connectivity index (χ3n) is 3.27. The summed E-state index contributed by atoms with van der Waals surface area (Å²) in [7, 11) is 1.60. The molecule has 2 aromatic rings. The van der Waals surface area contributed by atoms with E-state index < -0.39 is 0 Å². The van der Waals surface area contributed by atoms with Crippen LogP contribution in [-0.2, 0) is 6.42 Å². The molecule has 0 saturated carbocycles. The van der Waals surface area contributed by atoms with Gasteiger partial charge in [-0.05, 0) is 25.1 Å². The Balaban J connectivity index is 2.21. The van der Waals surface area contributed by atoms with Crippen LogP contribution in [0.3, 0.4) is 0 Å². The molecule has 1 radical (unpaired) electrons. The van der Waals surface area contributed by atoms with Crippen molar-refractivity contribution in [3.05, 3.63) is 54.7 Å². The second kappa shape index (κ2) is 4.57. The van der Waals surface area contributed by atoms with E-state index in [1.54, 1.807) is 31.4 Å². The summed E-state index contributed by atoms with van der Waals surface area (Å²) < 4.78 is 25.0. The van der Waals surface area contributed by atoms with E-state index in [-0.39, 0.29) is 11.9 Å². The van der Waals surface area contributed by atoms with E-state index in [2.05, 4.69) is 6.92 Å². The molecule has 3 heteroatoms. The van der Waals surface area contributed by atoms with Crippen molar-refractivity contribution in [2.24, 2.45) is 0 Å². The molecular formula is C16H14FO2. The van der Waals surface area contributed by atoms with Crippen molar-refractivity contribution >= 4 is 0 Å². The van der Waals surface area contributed by atoms with Crippen molar-refractivity contribution in [2.45, 2.75) is 12.5 Å². The van der Waals surface area contributed by atoms with Gasteiger partial charge in [-0.25, -0.2) is 4.39 Å². The highest BCUT2D eigenvalue weighted by molar-refractivity contribution is 5.75. The van der Waals surface area contributed by atoms with E-state index in [1.165, 1.54) is 6.07 Å². The summed E-state index contributed by atoms with van der Waals surface area (Å²) in [5.74, 6) is 1.15. The van der Waals surface area contributed by atoms with Crippen molar-refractivity contribution in [1.29, 1.82) is 0 Å². The van der Waals surface area contributed by atoms with Gasteiger partial charge in [0.15, 0.2) is 0 Å². The molecule has 0 aliphatic carbocycles. The van der Waals surface area contributed by atoms with Crippen molar-refractivity contribution in [3.8, 4) is 22.6 Å². The van der Waals surface area contributed by atoms with Crippen LogP contribution >= 0.6 is 0 Å². The summed E-state index contributed by atoms with van der Waals surface area (Å²) in [6, 6.07) is 10.4. The molecule has 1 aliphatic rings. The minimum atomic E-state index is -0.269. The van der Waals surface area contributed by atoms with Gasteiger partial charge in [-0.15, -0.1) is 0 Å². The van der Waals surface area contributed by atoms with Crippen molar-refractivity contribution < 1.29 is 13.9 Å². The van der Waals surface area contributed by atoms with Crippen LogP contribution < -0.4 is 9.47 Å². The van der Waals surface area contributed by atoms with E-state index >= 15 is 0 Å². The molecule has 19 heavy (non-hydrogen) atoms. The Morgan fingerprint density at radius 1 is 1.26 bits per heavy atom. The van der Waals surface area contributed by atoms with Gasteiger partial charge < -0.3 is 9.47 Å². The van der Waals surface area contributed by atoms with Gasteiger partial charge in [0.25, 0.3) is 0 Å². The molecule has 97 valence electrons. The number of fused-ring (bicyclic) bond motifs is 1. The van der Waals surface area contributed by atoms with Crippen molar-refractivity contribution in [2.75, 3.05) is 7.11 Å². The van der Waals surface area contributed by atoms with E-state index in [1.807, 2.05) is 6.07 Å². The van der Waals surface area contributed by atoms with Gasteiger partial charge in [0, 0.05) is 23.1 Å². The van der Waals surface area contributed by atoms with E-state index in [0.717, 1.165) is 11.1 Å². The van der Waals surface area contributed by atoms with E-state index in [4.69, 9.17) is 9.47 Å². The van der Waals surface area contributed by atoms with Crippen LogP contribution in [0.2, 0.25) is 0 Å². The Morgan fingerprint density at radius 3 is 2.79 bits per heavy atom. The highest BCUT2D eigenvalue weighted by Crippen LogP contribution is 2.42. The molecule has 0 aromatic heterocycles. The number of benzene rings is 2. The Hall–Kier alpha value is -2.03. The second-order valence-corrected chi connectivity index (χ2v) is 4.59. The number of rotatable bonds is 2. The summed E-state index contributed by atoms with van der Waals surface area (Å²) in [4.78, 5) is 0. The number of ether oxygens (including phenoxy) is 2. The molecule has 1 heterocycles. The molecule has 2 aromatic carbocycles. The van der Waals surface area contributed by atoms with Crippen LogP contribution in [0.15, 0.2) is 36.4 Å². The Bertz CT molecular complexity index is 622. The minimum absolute atomic E-state index is 0.132. The number of hydrogen-bond donors (Lipinski definition) is 0. The maximum Gasteiger partial charge on any atom is 0.131 e. The average Bonchev–Trinajstić information content (AvgIpc) is 2.78. The van der Waals surface area contributed by atoms with Crippen molar-refractivity contribution in [3.63, 3.8) is 0 Å². The van der Waals surface area contributed by atoms with Crippen LogP contribution in [0.4, 0.5) is 4.39 Å². The molecule has 3 rings (SSSR count). The van der Waals surface area contributed by atoms with Gasteiger partial charge in [0.2, 0.25) is 0 Å². The molecule has 1 unspecified atom stereocenters. The molecule has 0 fully saturated rings. The fraction of sp³-hybridized carbons (Fsp3) is 0.188. The number of hydrogen-bond acceptors (Lipinski definition) is 2. The quantitative estimate of drug-likeness (QED) is 0.817. The average molecular weight is 257 g/mol. The molecular weight excluding hydrogens is 243 g/mol. The third kappa shape index (κ3) is 2.05. The molecule has 0 spiro atoms. The van der Waals surface area contributed by atoms with Gasteiger partial charge in [0.05, 0.1) is 7.11 Å². The summed E-state index contributed by atoms with van der Waals surface area (Å²) in [5.41, 5.74) is 2.25. The van der Waals surface area contributed by atoms with Crippen LogP contribution in [0, 0.1) is 12.7 Å². The molecule has 0 saturated heterocycles. The van der Waals surface area contributed by atoms with Crippen LogP contribution in [0.1, 0.15) is 5.56 Å². The van der Waals surface area contributed by atoms with Gasteiger partial charge >= 0.3 is 0 Å². The zero-order chi connectivity index (χ0) is 13.4. The summed E-state index contributed by atoms with van der Waals surface area (Å²) in [6.45, 7) is 3.91. The fourth-order valence-corrected chi connectivity index (χ4v) is 2.40. The fourth-order valence-electron chi connectivity index (χ4n) is 2.40. The summed E-state index contributed by atoms with van der Waals surface area (Å²) in [5, 5.41) is 0. The highest BCUT2D eigenvalue weighted by Gasteiger charge is 2.25. The zero-order valence-corrected chi connectivity index (χ0v) is 10.7. The van der Waals surface area contributed by atoms with Crippen LogP contribution in [0.5, 0.6) is 11.5 Å². The minimum Gasteiger partial charge on any atom is -0.497 e. The first-order valence-corrected chi connectivity index (χ1v) is 6.14. The van der Waals surface area contributed by atoms with E-state index in [0.29, 0.717) is 23.5 Å². The Morgan fingerprint density at radius 2 is 2.05 bits per heavy atom. The molecule has 1 atom stereocenters. The zero-order valence-electron chi connectivity index (χ0n) is 10.7. The Labute approximate surface area is 111 Å². The lowest BCUT2D eigenvalue weighted by Gasteiger charge is -2.12. The van der Waals surface area contributed by atoms with E-state index in [9.17, 15) is 4.39 Å². The van der Waals surface area contributed by atoms with Gasteiger partial charge in [0.1, 0.15) is 23.4 Å². The van der Waals surface area contributed by atoms with Crippen LogP contribution in [-0.4, -0.2) is 13.2 Å². The van der Waals surface area contributed by atoms with Gasteiger partial charge in [-0.3, -0.25) is 0 Å². The maximum absolute atomic E-state index is 14.0. The molecule has 1 aliphatic heterocycles. The lowest BCUT2D eigenvalue weighted by atomic mass is 9.99. The maximum atomic E-state index is 14.0. The molecule has 0 N–H and O–H groups in total. The number of methoxy groups -OCH3 is 1. The lowest BCUT2D eigenvalue weighted by molar-refractivity contribution is 0.282. The largest absolute Gasteiger partial charge is 0.497 e. The Kier molecular flexibility index (Phi) is 2.90. The summed E-state index contributed by atoms with van der Waals surface area (Å²) in [6.07, 6.45) is 0.584. The monoisotopic (exact) mass is 257 g/mol. The topological polar surface area (TPSA) is 18.5 Å². The highest BCUT2D eigenvalue weighted by atomic mass is 19.1. The smallest absolute Gasteiger partial charge is 0.131 e. The number of halogens is 1. The molecule has 2 nitrogen and oxygen atoms in total. The molecule has 0 amide bonds. The lowest BCUT2D eigenvalue weighted by Crippen LogP contribution is -2.06. The summed E-state index contributed by atoms with van der Waals surface area (Å²) >= 11 is 0. The predicted molar refractivity (Wildman–Crippen MR) is 71.9 cm³/mol. The van der Waals surface area contributed by atoms with Gasteiger partial charge in [-0.1, -0.05) is 18.2 Å². The van der Waals surface area contributed by atoms with Crippen molar-refractivity contribution in [1.82, 2.24) is 0 Å².